The first-order valence-corrected chi connectivity index (χ1v) is 6.57. The van der Waals surface area contributed by atoms with Gasteiger partial charge in [0.2, 0.25) is 5.90 Å². The van der Waals surface area contributed by atoms with Gasteiger partial charge in [-0.2, -0.15) is 0 Å². The van der Waals surface area contributed by atoms with Crippen molar-refractivity contribution in [2.45, 2.75) is 6.92 Å². The number of aliphatic imine (C=N–C) groups is 1. The van der Waals surface area contributed by atoms with Gasteiger partial charge in [-0.25, -0.2) is 18.6 Å². The van der Waals surface area contributed by atoms with E-state index in [4.69, 9.17) is 4.74 Å². The average Bonchev–Trinajstić information content (AvgIpc) is 2.85. The van der Waals surface area contributed by atoms with E-state index in [2.05, 4.69) is 4.99 Å². The summed E-state index contributed by atoms with van der Waals surface area (Å²) in [7, 11) is 0. The van der Waals surface area contributed by atoms with Gasteiger partial charge in [-0.05, 0) is 42.8 Å². The van der Waals surface area contributed by atoms with E-state index in [9.17, 15) is 13.6 Å². The largest absolute Gasteiger partial charge is 0.402 e. The van der Waals surface area contributed by atoms with Crippen LogP contribution in [0.3, 0.4) is 0 Å². The van der Waals surface area contributed by atoms with Crippen molar-refractivity contribution in [3.63, 3.8) is 0 Å². The Morgan fingerprint density at radius 1 is 1.05 bits per heavy atom. The molecule has 3 nitrogen and oxygen atoms in total. The Morgan fingerprint density at radius 2 is 1.77 bits per heavy atom. The summed E-state index contributed by atoms with van der Waals surface area (Å²) < 4.78 is 31.2. The zero-order chi connectivity index (χ0) is 15.7. The number of hydrogen-bond donors (Lipinski definition) is 0. The quantitative estimate of drug-likeness (QED) is 0.627. The molecule has 2 aromatic carbocycles. The fourth-order valence-electron chi connectivity index (χ4n) is 1.99. The predicted molar refractivity (Wildman–Crippen MR) is 78.1 cm³/mol. The highest BCUT2D eigenvalue weighted by Gasteiger charge is 2.24. The third-order valence-electron chi connectivity index (χ3n) is 3.17. The van der Waals surface area contributed by atoms with E-state index in [0.29, 0.717) is 11.1 Å². The van der Waals surface area contributed by atoms with Crippen molar-refractivity contribution in [1.82, 2.24) is 0 Å². The lowest BCUT2D eigenvalue weighted by Crippen LogP contribution is -2.05. The number of benzene rings is 2. The van der Waals surface area contributed by atoms with Crippen molar-refractivity contribution < 1.29 is 18.3 Å². The van der Waals surface area contributed by atoms with Gasteiger partial charge >= 0.3 is 5.97 Å². The van der Waals surface area contributed by atoms with E-state index in [1.807, 2.05) is 19.1 Å². The second kappa shape index (κ2) is 5.52. The summed E-state index contributed by atoms with van der Waals surface area (Å²) in [5, 5.41) is 0. The van der Waals surface area contributed by atoms with Crippen LogP contribution in [0.4, 0.5) is 8.78 Å². The van der Waals surface area contributed by atoms with Crippen LogP contribution in [0.5, 0.6) is 0 Å². The zero-order valence-electron chi connectivity index (χ0n) is 11.6. The van der Waals surface area contributed by atoms with Gasteiger partial charge < -0.3 is 4.74 Å². The SMILES string of the molecule is Cc1ccc(C2=N/C(=C\c3ccc(F)c(F)c3)C(=O)O2)cc1. The lowest BCUT2D eigenvalue weighted by Gasteiger charge is -1.99. The van der Waals surface area contributed by atoms with Crippen LogP contribution in [-0.2, 0) is 9.53 Å². The fourth-order valence-corrected chi connectivity index (χ4v) is 1.99. The second-order valence-corrected chi connectivity index (χ2v) is 4.88. The summed E-state index contributed by atoms with van der Waals surface area (Å²) in [6.07, 6.45) is 1.35. The van der Waals surface area contributed by atoms with E-state index in [1.165, 1.54) is 12.1 Å². The van der Waals surface area contributed by atoms with Gasteiger partial charge in [0, 0.05) is 5.56 Å². The number of aryl methyl sites for hydroxylation is 1. The van der Waals surface area contributed by atoms with Crippen LogP contribution in [0, 0.1) is 18.6 Å². The van der Waals surface area contributed by atoms with Crippen LogP contribution in [0.15, 0.2) is 53.2 Å². The number of carbonyl (C=O) groups excluding carboxylic acids is 1. The molecule has 0 N–H and O–H groups in total. The lowest BCUT2D eigenvalue weighted by atomic mass is 10.1. The zero-order valence-corrected chi connectivity index (χ0v) is 11.6. The normalized spacial score (nSPS) is 15.9. The van der Waals surface area contributed by atoms with Crippen molar-refractivity contribution in [2.75, 3.05) is 0 Å². The number of esters is 1. The van der Waals surface area contributed by atoms with Crippen LogP contribution in [0.1, 0.15) is 16.7 Å². The van der Waals surface area contributed by atoms with E-state index < -0.39 is 17.6 Å². The first-order chi connectivity index (χ1) is 10.5. The van der Waals surface area contributed by atoms with Crippen molar-refractivity contribution in [1.29, 1.82) is 0 Å². The molecule has 110 valence electrons. The molecule has 0 amide bonds. The minimum absolute atomic E-state index is 0.0431. The Morgan fingerprint density at radius 3 is 2.45 bits per heavy atom. The van der Waals surface area contributed by atoms with Crippen LogP contribution in [-0.4, -0.2) is 11.9 Å². The molecule has 1 aliphatic heterocycles. The van der Waals surface area contributed by atoms with E-state index in [-0.39, 0.29) is 11.6 Å². The van der Waals surface area contributed by atoms with Crippen LogP contribution in [0.25, 0.3) is 6.08 Å². The first kappa shape index (κ1) is 14.1. The second-order valence-electron chi connectivity index (χ2n) is 4.88. The first-order valence-electron chi connectivity index (χ1n) is 6.57. The molecular formula is C17H11F2NO2. The topological polar surface area (TPSA) is 38.7 Å². The number of nitrogens with zero attached hydrogens (tertiary/aromatic N) is 1. The van der Waals surface area contributed by atoms with Crippen molar-refractivity contribution in [3.8, 4) is 0 Å². The summed E-state index contributed by atoms with van der Waals surface area (Å²) >= 11 is 0. The maximum Gasteiger partial charge on any atom is 0.363 e. The summed E-state index contributed by atoms with van der Waals surface area (Å²) in [6, 6.07) is 10.7. The molecule has 22 heavy (non-hydrogen) atoms. The van der Waals surface area contributed by atoms with E-state index in [1.54, 1.807) is 12.1 Å². The van der Waals surface area contributed by atoms with Gasteiger partial charge in [-0.1, -0.05) is 23.8 Å². The highest BCUT2D eigenvalue weighted by Crippen LogP contribution is 2.20. The summed E-state index contributed by atoms with van der Waals surface area (Å²) in [6.45, 7) is 1.95. The number of carbonyl (C=O) groups is 1. The van der Waals surface area contributed by atoms with Crippen LogP contribution in [0.2, 0.25) is 0 Å². The summed E-state index contributed by atoms with van der Waals surface area (Å²) in [5.41, 5.74) is 2.13. The highest BCUT2D eigenvalue weighted by atomic mass is 19.2. The van der Waals surface area contributed by atoms with Crippen molar-refractivity contribution in [2.24, 2.45) is 4.99 Å². The van der Waals surface area contributed by atoms with Crippen LogP contribution >= 0.6 is 0 Å². The molecule has 2 aromatic rings. The average molecular weight is 299 g/mol. The molecule has 0 saturated carbocycles. The lowest BCUT2D eigenvalue weighted by molar-refractivity contribution is -0.129. The molecule has 1 aliphatic rings. The Balaban J connectivity index is 1.93. The molecule has 3 rings (SSSR count). The molecule has 1 heterocycles. The van der Waals surface area contributed by atoms with E-state index >= 15 is 0 Å². The van der Waals surface area contributed by atoms with Gasteiger partial charge in [0.25, 0.3) is 0 Å². The van der Waals surface area contributed by atoms with Gasteiger partial charge in [0.05, 0.1) is 0 Å². The molecule has 0 saturated heterocycles. The molecule has 0 unspecified atom stereocenters. The van der Waals surface area contributed by atoms with Gasteiger partial charge in [0.1, 0.15) is 0 Å². The number of hydrogen-bond acceptors (Lipinski definition) is 3. The third kappa shape index (κ3) is 2.79. The molecule has 0 radical (unpaired) electrons. The fraction of sp³-hybridized carbons (Fsp3) is 0.0588. The van der Waals surface area contributed by atoms with Crippen LogP contribution < -0.4 is 0 Å². The molecular weight excluding hydrogens is 288 g/mol. The maximum absolute atomic E-state index is 13.2. The Kier molecular flexibility index (Phi) is 3.55. The third-order valence-corrected chi connectivity index (χ3v) is 3.17. The number of cyclic esters (lactones) is 1. The molecule has 0 bridgehead atoms. The van der Waals surface area contributed by atoms with Gasteiger partial charge in [0.15, 0.2) is 17.3 Å². The Bertz CT molecular complexity index is 808. The minimum atomic E-state index is -0.983. The molecule has 0 aliphatic carbocycles. The standard InChI is InChI=1S/C17H11F2NO2/c1-10-2-5-12(6-3-10)16-20-15(17(21)22-16)9-11-4-7-13(18)14(19)8-11/h2-9H,1H3/b15-9-. The molecule has 5 heteroatoms. The maximum atomic E-state index is 13.2. The highest BCUT2D eigenvalue weighted by molar-refractivity contribution is 6.12. The predicted octanol–water partition coefficient (Wildman–Crippen LogP) is 3.62. The van der Waals surface area contributed by atoms with Gasteiger partial charge in [-0.3, -0.25) is 0 Å². The number of ether oxygens (including phenoxy) is 1. The van der Waals surface area contributed by atoms with Crippen molar-refractivity contribution >= 4 is 17.9 Å². The molecule has 0 aromatic heterocycles. The van der Waals surface area contributed by atoms with E-state index in [0.717, 1.165) is 17.7 Å². The van der Waals surface area contributed by atoms with Crippen molar-refractivity contribution in [3.05, 3.63) is 76.5 Å². The molecule has 0 fully saturated rings. The number of halogens is 2. The monoisotopic (exact) mass is 299 g/mol. The molecule has 0 spiro atoms. The smallest absolute Gasteiger partial charge is 0.363 e. The van der Waals surface area contributed by atoms with Gasteiger partial charge in [-0.15, -0.1) is 0 Å². The number of rotatable bonds is 2. The molecule has 0 atom stereocenters. The summed E-state index contributed by atoms with van der Waals surface area (Å²) in [4.78, 5) is 15.9. The minimum Gasteiger partial charge on any atom is -0.402 e. The summed E-state index contributed by atoms with van der Waals surface area (Å²) in [5.74, 6) is -2.36. The Hall–Kier alpha value is -2.82. The Labute approximate surface area is 125 Å².